The van der Waals surface area contributed by atoms with E-state index in [1.165, 1.54) is 128 Å². The van der Waals surface area contributed by atoms with Crippen LogP contribution in [0.3, 0.4) is 0 Å². The zero-order chi connectivity index (χ0) is 86.5. The van der Waals surface area contributed by atoms with Crippen molar-refractivity contribution in [2.75, 3.05) is 0 Å². The first-order valence-electron chi connectivity index (χ1n) is 49.1. The van der Waals surface area contributed by atoms with Gasteiger partial charge in [0, 0.05) is 92.4 Å². The Kier molecular flexibility index (Phi) is 31.5. The summed E-state index contributed by atoms with van der Waals surface area (Å²) in [6.45, 7) is 9.48. The Morgan fingerprint density at radius 3 is 0.698 bits per heavy atom. The van der Waals surface area contributed by atoms with Gasteiger partial charge in [0.2, 0.25) is 0 Å². The van der Waals surface area contributed by atoms with Crippen molar-refractivity contribution in [3.63, 3.8) is 0 Å². The second-order valence-corrected chi connectivity index (χ2v) is 42.3. The van der Waals surface area contributed by atoms with Gasteiger partial charge in [0.25, 0.3) is 0 Å². The van der Waals surface area contributed by atoms with E-state index in [-0.39, 0.29) is 13.2 Å². The maximum atomic E-state index is 17.4. The average molecular weight is 1750 g/mol. The van der Waals surface area contributed by atoms with Crippen LogP contribution in [0, 0.1) is 0 Å². The van der Waals surface area contributed by atoms with Crippen LogP contribution in [0.2, 0.25) is 0 Å². The molecule has 4 atom stereocenters. The van der Waals surface area contributed by atoms with Crippen molar-refractivity contribution >= 4 is 60.2 Å². The van der Waals surface area contributed by atoms with Gasteiger partial charge in [0.1, 0.15) is 59.2 Å². The fraction of sp³-hybridized carbons (Fsp3) is 0.446. The summed E-state index contributed by atoms with van der Waals surface area (Å²) in [6.07, 6.45) is 43.9. The first kappa shape index (κ1) is 90.4. The molecule has 14 heteroatoms. The Morgan fingerprint density at radius 1 is 0.230 bits per heavy atom. The minimum absolute atomic E-state index is 0.169. The monoisotopic (exact) mass is 1750 g/mol. The summed E-state index contributed by atoms with van der Waals surface area (Å²) in [4.78, 5) is 0. The van der Waals surface area contributed by atoms with Crippen LogP contribution in [0.25, 0.3) is 32.7 Å². The van der Waals surface area contributed by atoms with Crippen LogP contribution in [0.4, 0.5) is 0 Å². The smallest absolute Gasteiger partial charge is 0.462 e. The minimum Gasteiger partial charge on any atom is -0.488 e. The molecule has 0 fully saturated rings. The van der Waals surface area contributed by atoms with Gasteiger partial charge in [-0.2, -0.15) is 0 Å². The third-order valence-corrected chi connectivity index (χ3v) is 32.9. The molecule has 0 saturated heterocycles. The second-order valence-electron chi connectivity index (χ2n) is 36.7. The van der Waals surface area contributed by atoms with E-state index in [0.717, 1.165) is 191 Å². The summed E-state index contributed by atoms with van der Waals surface area (Å²) in [5.41, 5.74) is 11.1. The molecule has 0 N–H and O–H groups in total. The molecule has 664 valence electrons. The van der Waals surface area contributed by atoms with E-state index >= 15 is 13.7 Å². The molecule has 11 aromatic carbocycles. The van der Waals surface area contributed by atoms with Gasteiger partial charge in [-0.3, -0.25) is 0 Å². The van der Waals surface area contributed by atoms with Gasteiger partial charge in [0.15, 0.2) is 0 Å². The molecule has 0 spiro atoms. The summed E-state index contributed by atoms with van der Waals surface area (Å²) >= 11 is 0. The van der Waals surface area contributed by atoms with Crippen molar-refractivity contribution in [3.8, 4) is 57.1 Å². The quantitative estimate of drug-likeness (QED) is 0.0268. The van der Waals surface area contributed by atoms with Crippen molar-refractivity contribution in [1.29, 1.82) is 0 Å². The maximum Gasteiger partial charge on any atom is 0.462 e. The molecule has 4 unspecified atom stereocenters. The number of benzene rings is 11. The molecule has 5 aliphatic rings. The molecule has 11 nitrogen and oxygen atoms in total. The molecule has 1 aliphatic carbocycles. The van der Waals surface area contributed by atoms with Crippen molar-refractivity contribution < 1.29 is 50.3 Å². The van der Waals surface area contributed by atoms with E-state index in [2.05, 4.69) is 137 Å². The van der Waals surface area contributed by atoms with Crippen LogP contribution in [0.5, 0.6) is 46.0 Å². The summed E-state index contributed by atoms with van der Waals surface area (Å²) in [6, 6.07) is 71.7. The molecular formula is C112H135O11P3. The largest absolute Gasteiger partial charge is 0.488 e. The summed E-state index contributed by atoms with van der Waals surface area (Å²) < 4.78 is 113. The Bertz CT molecular complexity index is 5290. The zero-order valence-electron chi connectivity index (χ0n) is 75.5. The predicted octanol–water partition coefficient (Wildman–Crippen LogP) is 33.5. The van der Waals surface area contributed by atoms with E-state index in [9.17, 15) is 0 Å². The van der Waals surface area contributed by atoms with Gasteiger partial charge < -0.3 is 36.6 Å². The van der Waals surface area contributed by atoms with Gasteiger partial charge in [-0.15, -0.1) is 0 Å². The van der Waals surface area contributed by atoms with Crippen molar-refractivity contribution in [2.24, 2.45) is 0 Å². The number of hydrogen-bond donors (Lipinski definition) is 0. The minimum atomic E-state index is -4.54. The molecule has 0 aromatic heterocycles. The summed E-state index contributed by atoms with van der Waals surface area (Å²) in [5, 5.41) is 5.45. The molecule has 8 bridgehead atoms. The van der Waals surface area contributed by atoms with Gasteiger partial charge >= 0.3 is 22.8 Å². The lowest BCUT2D eigenvalue weighted by molar-refractivity contribution is 0.296. The van der Waals surface area contributed by atoms with Gasteiger partial charge in [0.05, 0.1) is 15.9 Å². The third kappa shape index (κ3) is 21.3. The molecule has 16 rings (SSSR count). The lowest BCUT2D eigenvalue weighted by Gasteiger charge is -2.37. The normalized spacial score (nSPS) is 19.4. The van der Waals surface area contributed by atoms with E-state index < -0.39 is 46.5 Å². The number of ether oxygens (including phenoxy) is 2. The van der Waals surface area contributed by atoms with Crippen molar-refractivity contribution in [3.05, 3.63) is 268 Å². The van der Waals surface area contributed by atoms with Gasteiger partial charge in [-0.05, 0) is 130 Å². The Morgan fingerprint density at radius 2 is 0.444 bits per heavy atom. The average Bonchev–Trinajstić information content (AvgIpc) is 0.772. The zero-order valence-corrected chi connectivity index (χ0v) is 78.2. The van der Waals surface area contributed by atoms with Crippen LogP contribution < -0.4 is 52.5 Å². The number of rotatable bonds is 43. The molecule has 4 heterocycles. The van der Waals surface area contributed by atoms with E-state index in [1.807, 2.05) is 91.0 Å². The highest BCUT2D eigenvalue weighted by Crippen LogP contribution is 2.65. The fourth-order valence-electron chi connectivity index (χ4n) is 20.6. The molecule has 4 aliphatic heterocycles. The fourth-order valence-corrected chi connectivity index (χ4v) is 25.5. The Hall–Kier alpha value is -8.97. The maximum absolute atomic E-state index is 17.4. The molecule has 126 heavy (non-hydrogen) atoms. The van der Waals surface area contributed by atoms with Crippen molar-refractivity contribution in [1.82, 2.24) is 0 Å². The van der Waals surface area contributed by atoms with E-state index in [1.54, 1.807) is 12.1 Å². The van der Waals surface area contributed by atoms with Crippen LogP contribution in [-0.4, -0.2) is 0 Å². The number of unbranched alkanes of at least 4 members (excludes halogenated alkanes) is 32. The van der Waals surface area contributed by atoms with Crippen LogP contribution in [0.15, 0.2) is 212 Å². The number of fused-ring (bicyclic) bond motifs is 7. The van der Waals surface area contributed by atoms with Gasteiger partial charge in [-0.25, -0.2) is 13.7 Å². The predicted molar refractivity (Wildman–Crippen MR) is 521 cm³/mol. The van der Waals surface area contributed by atoms with Crippen molar-refractivity contribution in [2.45, 2.75) is 321 Å². The summed E-state index contributed by atoms with van der Waals surface area (Å²) in [7, 11) is -13.6. The Balaban J connectivity index is 1.01. The molecule has 0 amide bonds. The molecule has 11 aromatic rings. The molecule has 0 radical (unpaired) electrons. The van der Waals surface area contributed by atoms with E-state index in [0.29, 0.717) is 87.6 Å². The van der Waals surface area contributed by atoms with E-state index in [4.69, 9.17) is 36.6 Å². The summed E-state index contributed by atoms with van der Waals surface area (Å²) in [5.74, 6) is 1.63. The topological polar surface area (TPSA) is 125 Å². The van der Waals surface area contributed by atoms with Gasteiger partial charge in [-0.1, -0.05) is 386 Å². The highest BCUT2D eigenvalue weighted by molar-refractivity contribution is 7.63. The van der Waals surface area contributed by atoms with Crippen LogP contribution >= 0.6 is 22.8 Å². The first-order valence-corrected chi connectivity index (χ1v) is 53.7. The molecule has 0 saturated carbocycles. The highest BCUT2D eigenvalue weighted by Gasteiger charge is 2.46. The standard InChI is InChI=1S/C112H135O11P3/c1-5-9-13-17-21-25-29-33-46-64-91-95-72-97-92(65-47-34-30-26-22-18-14-10-6-2)99-74-101-94(67-49-36-32-28-24-20-16-12-8-4)102-75-100-93(66-48-35-31-27-23-19-15-11-7-3)98-73-96(91)104-77-106(98)119-125(114,87-58-42-38-43-59-87)121-108(100)79-110(102)123-126(115,88-60-44-39-45-61-88)122-109(101)78-107(99)120-124(113,86-56-40-37-41-57-86)118-105(97)76-103(95)116-80-84-70-68-82-54-50-52-62-89(82)111(84)112-85(81-117-104)71-69-83-55-51-53-63-90(83)112/h37-45,50-63,68-79,91-94H,5-36,46-49,64-67,80-81H2,1-4H3. The number of hydrogen-bond acceptors (Lipinski definition) is 11. The van der Waals surface area contributed by atoms with Crippen LogP contribution in [0.1, 0.15) is 364 Å². The lowest BCUT2D eigenvalue weighted by Crippen LogP contribution is -2.23. The second kappa shape index (κ2) is 43.9. The Labute approximate surface area is 752 Å². The molecular weight excluding hydrogens is 1610 g/mol. The SMILES string of the molecule is CCCCCCCCCCCC1c2cc3c4cc2OCc2ccc5ccccc5c2-c2c(ccc5ccccc25)COc2cc5c(cc21)C(CCCCCCCCCCC)c1cc2c(cc1OP(=O)(c1ccccc1)O5)OP(=O)(c1ccccc1)Oc1cc(c(cc1C2CCCCCCCCCCC)C3CCCCCCCCCCC)OP(=O)(c1ccccc1)O4. The highest BCUT2D eigenvalue weighted by atomic mass is 31.2. The third-order valence-electron chi connectivity index (χ3n) is 27.5. The van der Waals surface area contributed by atoms with Crippen LogP contribution in [-0.2, 0) is 26.9 Å². The first-order chi connectivity index (χ1) is 61.9. The lowest BCUT2D eigenvalue weighted by atomic mass is 9.76.